The highest BCUT2D eigenvalue weighted by atomic mass is 32.2. The van der Waals surface area contributed by atoms with Crippen LogP contribution >= 0.6 is 0 Å². The van der Waals surface area contributed by atoms with Crippen molar-refractivity contribution in [3.63, 3.8) is 0 Å². The minimum Gasteiger partial charge on any atom is -0.398 e. The van der Waals surface area contributed by atoms with Crippen LogP contribution in [0, 0.1) is 0 Å². The molecule has 0 radical (unpaired) electrons. The summed E-state index contributed by atoms with van der Waals surface area (Å²) in [6.45, 7) is 1.61. The monoisotopic (exact) mass is 199 g/mol. The van der Waals surface area contributed by atoms with Crippen LogP contribution in [0.4, 0.5) is 5.69 Å². The van der Waals surface area contributed by atoms with Gasteiger partial charge in [0, 0.05) is 5.69 Å². The lowest BCUT2D eigenvalue weighted by Crippen LogP contribution is -2.13. The van der Waals surface area contributed by atoms with Crippen molar-refractivity contribution in [2.75, 3.05) is 11.5 Å². The molecule has 1 aromatic carbocycles. The van der Waals surface area contributed by atoms with Crippen molar-refractivity contribution in [2.45, 2.75) is 17.9 Å². The van der Waals surface area contributed by atoms with Crippen LogP contribution < -0.4 is 5.73 Å². The number of para-hydroxylation sites is 1. The fourth-order valence-electron chi connectivity index (χ4n) is 0.997. The van der Waals surface area contributed by atoms with Crippen LogP contribution in [0.5, 0.6) is 0 Å². The maximum absolute atomic E-state index is 11.5. The summed E-state index contributed by atoms with van der Waals surface area (Å²) in [4.78, 5) is 0.600. The van der Waals surface area contributed by atoms with Crippen LogP contribution in [0.3, 0.4) is 0 Å². The van der Waals surface area contributed by atoms with Crippen molar-refractivity contribution in [1.29, 1.82) is 0 Å². The van der Waals surface area contributed by atoms with E-state index in [-0.39, 0.29) is 5.75 Å². The number of hydrogen-bond donors (Lipinski definition) is 2. The van der Waals surface area contributed by atoms with Crippen molar-refractivity contribution in [3.8, 4) is 0 Å². The third kappa shape index (κ3) is 2.82. The highest BCUT2D eigenvalue weighted by molar-refractivity contribution is 7.85. The molecule has 2 unspecified atom stereocenters. The van der Waals surface area contributed by atoms with Gasteiger partial charge in [-0.1, -0.05) is 12.1 Å². The molecule has 0 saturated carbocycles. The minimum atomic E-state index is -1.20. The molecule has 3 N–H and O–H groups in total. The van der Waals surface area contributed by atoms with Gasteiger partial charge < -0.3 is 10.8 Å². The van der Waals surface area contributed by atoms with E-state index in [4.69, 9.17) is 10.8 Å². The Morgan fingerprint density at radius 1 is 1.54 bits per heavy atom. The van der Waals surface area contributed by atoms with Crippen LogP contribution in [-0.4, -0.2) is 21.2 Å². The molecule has 0 aliphatic rings. The minimum absolute atomic E-state index is 0.230. The zero-order chi connectivity index (χ0) is 9.84. The van der Waals surface area contributed by atoms with E-state index in [1.807, 2.05) is 0 Å². The second kappa shape index (κ2) is 4.39. The SMILES string of the molecule is CC(O)CS(=O)c1ccccc1N. The third-order valence-corrected chi connectivity index (χ3v) is 3.20. The summed E-state index contributed by atoms with van der Waals surface area (Å²) in [5.41, 5.74) is 6.14. The lowest BCUT2D eigenvalue weighted by Gasteiger charge is -2.06. The van der Waals surface area contributed by atoms with E-state index < -0.39 is 16.9 Å². The highest BCUT2D eigenvalue weighted by Gasteiger charge is 2.09. The summed E-state index contributed by atoms with van der Waals surface area (Å²) in [7, 11) is -1.20. The number of anilines is 1. The van der Waals surface area contributed by atoms with Gasteiger partial charge >= 0.3 is 0 Å². The van der Waals surface area contributed by atoms with E-state index in [9.17, 15) is 4.21 Å². The Morgan fingerprint density at radius 2 is 2.15 bits per heavy atom. The second-order valence-electron chi connectivity index (χ2n) is 2.90. The summed E-state index contributed by atoms with van der Waals surface area (Å²) < 4.78 is 11.5. The molecule has 0 aromatic heterocycles. The molecule has 1 aromatic rings. The van der Waals surface area contributed by atoms with Crippen molar-refractivity contribution >= 4 is 16.5 Å². The number of nitrogen functional groups attached to an aromatic ring is 1. The van der Waals surface area contributed by atoms with E-state index in [1.54, 1.807) is 31.2 Å². The van der Waals surface area contributed by atoms with Crippen LogP contribution in [-0.2, 0) is 10.8 Å². The molecular weight excluding hydrogens is 186 g/mol. The predicted molar refractivity (Wildman–Crippen MR) is 53.8 cm³/mol. The van der Waals surface area contributed by atoms with Crippen LogP contribution in [0.1, 0.15) is 6.92 Å². The molecule has 0 aliphatic carbocycles. The molecule has 1 rings (SSSR count). The normalized spacial score (nSPS) is 15.2. The molecule has 0 saturated heterocycles. The molecule has 0 amide bonds. The maximum atomic E-state index is 11.5. The smallest absolute Gasteiger partial charge is 0.0630 e. The van der Waals surface area contributed by atoms with Crippen molar-refractivity contribution in [2.24, 2.45) is 0 Å². The Morgan fingerprint density at radius 3 is 2.69 bits per heavy atom. The van der Waals surface area contributed by atoms with Crippen LogP contribution in [0.2, 0.25) is 0 Å². The van der Waals surface area contributed by atoms with Gasteiger partial charge in [0.25, 0.3) is 0 Å². The van der Waals surface area contributed by atoms with E-state index in [1.165, 1.54) is 0 Å². The molecule has 3 nitrogen and oxygen atoms in total. The summed E-state index contributed by atoms with van der Waals surface area (Å²) in [5.74, 6) is 0.230. The summed E-state index contributed by atoms with van der Waals surface area (Å²) in [5, 5.41) is 9.04. The average molecular weight is 199 g/mol. The molecule has 4 heteroatoms. The lowest BCUT2D eigenvalue weighted by atomic mass is 10.3. The van der Waals surface area contributed by atoms with E-state index >= 15 is 0 Å². The van der Waals surface area contributed by atoms with Gasteiger partial charge in [-0.15, -0.1) is 0 Å². The Balaban J connectivity index is 2.83. The Hall–Kier alpha value is -0.870. The van der Waals surface area contributed by atoms with Gasteiger partial charge in [-0.2, -0.15) is 0 Å². The van der Waals surface area contributed by atoms with Gasteiger partial charge in [0.05, 0.1) is 27.6 Å². The second-order valence-corrected chi connectivity index (χ2v) is 4.36. The maximum Gasteiger partial charge on any atom is 0.0630 e. The molecule has 0 spiro atoms. The first-order chi connectivity index (χ1) is 6.11. The van der Waals surface area contributed by atoms with E-state index in [2.05, 4.69) is 0 Å². The van der Waals surface area contributed by atoms with Gasteiger partial charge in [-0.25, -0.2) is 0 Å². The first-order valence-corrected chi connectivity index (χ1v) is 5.34. The highest BCUT2D eigenvalue weighted by Crippen LogP contribution is 2.15. The van der Waals surface area contributed by atoms with Crippen LogP contribution in [0.25, 0.3) is 0 Å². The van der Waals surface area contributed by atoms with E-state index in [0.717, 1.165) is 0 Å². The Bertz CT molecular complexity index is 312. The average Bonchev–Trinajstić information content (AvgIpc) is 2.03. The largest absolute Gasteiger partial charge is 0.398 e. The first-order valence-electron chi connectivity index (χ1n) is 4.02. The molecule has 13 heavy (non-hydrogen) atoms. The zero-order valence-corrected chi connectivity index (χ0v) is 8.25. The van der Waals surface area contributed by atoms with Crippen LogP contribution in [0.15, 0.2) is 29.2 Å². The predicted octanol–water partition coefficient (Wildman–Crippen LogP) is 0.757. The zero-order valence-electron chi connectivity index (χ0n) is 7.43. The fourth-order valence-corrected chi connectivity index (χ4v) is 2.18. The summed E-state index contributed by atoms with van der Waals surface area (Å²) >= 11 is 0. The molecule has 0 heterocycles. The van der Waals surface area contributed by atoms with E-state index in [0.29, 0.717) is 10.6 Å². The summed E-state index contributed by atoms with van der Waals surface area (Å²) in [6, 6.07) is 6.99. The first kappa shape index (κ1) is 10.2. The number of hydrogen-bond acceptors (Lipinski definition) is 3. The molecule has 2 atom stereocenters. The van der Waals surface area contributed by atoms with Gasteiger partial charge in [0.1, 0.15) is 0 Å². The fraction of sp³-hybridized carbons (Fsp3) is 0.333. The third-order valence-electron chi connectivity index (χ3n) is 1.56. The van der Waals surface area contributed by atoms with Gasteiger partial charge in [0.2, 0.25) is 0 Å². The number of aliphatic hydroxyl groups is 1. The number of aliphatic hydroxyl groups excluding tert-OH is 1. The van der Waals surface area contributed by atoms with Crippen molar-refractivity contribution in [1.82, 2.24) is 0 Å². The number of rotatable bonds is 3. The molecule has 0 aliphatic heterocycles. The quantitative estimate of drug-likeness (QED) is 0.706. The van der Waals surface area contributed by atoms with Gasteiger partial charge in [-0.05, 0) is 19.1 Å². The molecule has 0 fully saturated rings. The number of benzene rings is 1. The molecule has 0 bridgehead atoms. The van der Waals surface area contributed by atoms with Gasteiger partial charge in [-0.3, -0.25) is 4.21 Å². The molecular formula is C9H13NO2S. The van der Waals surface area contributed by atoms with Gasteiger partial charge in [0.15, 0.2) is 0 Å². The Labute approximate surface area is 80.0 Å². The summed E-state index contributed by atoms with van der Waals surface area (Å²) in [6.07, 6.45) is -0.569. The van der Waals surface area contributed by atoms with Crippen molar-refractivity contribution < 1.29 is 9.32 Å². The topological polar surface area (TPSA) is 63.3 Å². The lowest BCUT2D eigenvalue weighted by molar-refractivity contribution is 0.219. The number of nitrogens with two attached hydrogens (primary N) is 1. The van der Waals surface area contributed by atoms with Crippen molar-refractivity contribution in [3.05, 3.63) is 24.3 Å². The molecule has 72 valence electrons. The standard InChI is InChI=1S/C9H13NO2S/c1-7(11)6-13(12)9-5-3-2-4-8(9)10/h2-5,7,11H,6,10H2,1H3. The Kier molecular flexibility index (Phi) is 3.45.